The van der Waals surface area contributed by atoms with Crippen molar-refractivity contribution in [3.63, 3.8) is 0 Å². The van der Waals surface area contributed by atoms with Crippen molar-refractivity contribution in [2.45, 2.75) is 49.1 Å². The van der Waals surface area contributed by atoms with Crippen molar-refractivity contribution in [3.05, 3.63) is 29.3 Å². The summed E-state index contributed by atoms with van der Waals surface area (Å²) in [7, 11) is -6.67. The number of aromatic nitrogens is 8. The summed E-state index contributed by atoms with van der Waals surface area (Å²) in [5, 5.41) is 0. The van der Waals surface area contributed by atoms with Crippen LogP contribution in [-0.4, -0.2) is 109 Å². The molecule has 0 aliphatic carbocycles. The summed E-state index contributed by atoms with van der Waals surface area (Å²) >= 11 is 0. The second-order valence-electron chi connectivity index (χ2n) is 10.6. The van der Waals surface area contributed by atoms with Crippen molar-refractivity contribution >= 4 is 57.0 Å². The third kappa shape index (κ3) is 5.41. The summed E-state index contributed by atoms with van der Waals surface area (Å²) in [5.74, 6) is -0.172. The molecule has 46 heavy (non-hydrogen) atoms. The Morgan fingerprint density at radius 1 is 1.00 bits per heavy atom. The van der Waals surface area contributed by atoms with Gasteiger partial charge in [0.05, 0.1) is 25.9 Å². The van der Waals surface area contributed by atoms with E-state index in [9.17, 15) is 18.8 Å². The number of fused-ring (bicyclic) bond motifs is 5. The molecule has 10 atom stereocenters. The van der Waals surface area contributed by atoms with Crippen molar-refractivity contribution in [3.8, 4) is 0 Å². The number of hydrogen-bond donors (Lipinski definition) is 4. The highest BCUT2D eigenvalue weighted by molar-refractivity contribution is 7.79. The fourth-order valence-electron chi connectivity index (χ4n) is 5.64. The van der Waals surface area contributed by atoms with Crippen LogP contribution in [0.2, 0.25) is 0 Å². The lowest BCUT2D eigenvalue weighted by Crippen LogP contribution is -2.37. The van der Waals surface area contributed by atoms with Crippen molar-refractivity contribution in [1.29, 1.82) is 0 Å². The second-order valence-corrected chi connectivity index (χ2v) is 14.0. The first kappa shape index (κ1) is 31.2. The van der Waals surface area contributed by atoms with E-state index in [4.69, 9.17) is 43.8 Å². The highest BCUT2D eigenvalue weighted by Gasteiger charge is 2.54. The number of halogens is 1. The zero-order valence-corrected chi connectivity index (χ0v) is 25.6. The smallest absolute Gasteiger partial charge is 0.382 e. The summed E-state index contributed by atoms with van der Waals surface area (Å²) in [5.41, 5.74) is 11.2. The monoisotopic (exact) mass is 686 g/mol. The maximum Gasteiger partial charge on any atom is 0.472 e. The normalized spacial score (nSPS) is 37.1. The van der Waals surface area contributed by atoms with Crippen LogP contribution in [0, 0.1) is 0 Å². The molecule has 3 aliphatic heterocycles. The van der Waals surface area contributed by atoms with Gasteiger partial charge in [0.25, 0.3) is 20.6 Å². The lowest BCUT2D eigenvalue weighted by molar-refractivity contribution is -0.0631. The molecule has 0 amide bonds. The largest absolute Gasteiger partial charge is 0.472 e. The van der Waals surface area contributed by atoms with Gasteiger partial charge in [-0.25, -0.2) is 28.9 Å². The van der Waals surface area contributed by atoms with E-state index in [2.05, 4.69) is 29.9 Å². The molecule has 7 heterocycles. The molecular weight excluding hydrogens is 660 g/mol. The number of phosphoric ester groups is 1. The standard InChI is InChI=1S/C21H26BFN10O11P2/c1-38-13-8-3-40-46(36,37)44-12-7(41-19(9(12)23)32-5-28-10-15(24)26-4-27-16(10)32)2-39-45(22,35)43-14(13)20(42-8)33-6-29-11-17(33)30-21(25)31-18(11)34/h4-9,12-14,19-20H,2-3,22H2,1H3,(H,36,37)(H2,24,26,27)(H3,25,30,31,34)/t7?,8?,9-,12-,13-,14-,19+,20?,45-/m0/s1. The van der Waals surface area contributed by atoms with Crippen molar-refractivity contribution < 1.29 is 50.7 Å². The van der Waals surface area contributed by atoms with Crippen molar-refractivity contribution in [2.24, 2.45) is 0 Å². The first-order valence-electron chi connectivity index (χ1n) is 13.5. The Morgan fingerprint density at radius 3 is 2.46 bits per heavy atom. The Hall–Kier alpha value is -3.37. The molecule has 3 fully saturated rings. The molecule has 246 valence electrons. The summed E-state index contributed by atoms with van der Waals surface area (Å²) in [6.07, 6.45) is -7.88. The third-order valence-corrected chi connectivity index (χ3v) is 9.88. The number of ether oxygens (including phenoxy) is 3. The number of hydrogen-bond acceptors (Lipinski definition) is 17. The summed E-state index contributed by atoms with van der Waals surface area (Å²) in [6, 6.07) is 0. The van der Waals surface area contributed by atoms with Crippen LogP contribution in [-0.2, 0) is 41.4 Å². The van der Waals surface area contributed by atoms with Gasteiger partial charge in [-0.05, 0) is 0 Å². The van der Waals surface area contributed by atoms with Gasteiger partial charge in [-0.3, -0.25) is 32.5 Å². The molecule has 0 radical (unpaired) electrons. The van der Waals surface area contributed by atoms with Crippen LogP contribution in [0.4, 0.5) is 16.2 Å². The van der Waals surface area contributed by atoms with Gasteiger partial charge >= 0.3 is 7.82 Å². The third-order valence-electron chi connectivity index (χ3n) is 7.65. The number of phosphoric acid groups is 1. The van der Waals surface area contributed by atoms with Gasteiger partial charge in [-0.15, -0.1) is 0 Å². The summed E-state index contributed by atoms with van der Waals surface area (Å²) < 4.78 is 85.1. The molecule has 0 spiro atoms. The molecule has 2 bridgehead atoms. The fraction of sp³-hybridized carbons (Fsp3) is 0.524. The maximum atomic E-state index is 16.0. The van der Waals surface area contributed by atoms with Gasteiger partial charge in [0.15, 0.2) is 41.3 Å². The quantitative estimate of drug-likeness (QED) is 0.147. The number of H-pyrrole nitrogens is 1. The lowest BCUT2D eigenvalue weighted by Gasteiger charge is -2.28. The molecule has 4 unspecified atom stereocenters. The van der Waals surface area contributed by atoms with Crippen LogP contribution in [0.1, 0.15) is 12.5 Å². The number of imidazole rings is 2. The van der Waals surface area contributed by atoms with Crippen LogP contribution in [0.25, 0.3) is 22.3 Å². The zero-order valence-electron chi connectivity index (χ0n) is 23.9. The highest BCUT2D eigenvalue weighted by atomic mass is 31.2. The number of rotatable bonds is 3. The molecule has 6 N–H and O–H groups in total. The van der Waals surface area contributed by atoms with Gasteiger partial charge in [0.1, 0.15) is 42.4 Å². The number of aromatic amines is 1. The average Bonchev–Trinajstić information content (AvgIpc) is 3.75. The minimum Gasteiger partial charge on any atom is -0.382 e. The highest BCUT2D eigenvalue weighted by Crippen LogP contribution is 2.54. The molecule has 3 aliphatic rings. The molecule has 3 saturated heterocycles. The Kier molecular flexibility index (Phi) is 7.75. The van der Waals surface area contributed by atoms with Gasteiger partial charge in [0, 0.05) is 7.11 Å². The van der Waals surface area contributed by atoms with E-state index in [-0.39, 0.29) is 34.1 Å². The zero-order chi connectivity index (χ0) is 32.5. The SMILES string of the molecule is B[P@]1(=O)OCC2O[C@@H](n3cnc4c(N)ncnc43)[C@@H](F)[C@H]2OP(=O)(O)OCC2OC(n3cnc4c(=O)[nH]c(N)nc43)[C@@H](O1)[C@H]2OC. The molecule has 21 nitrogen and oxygen atoms in total. The minimum absolute atomic E-state index is 0.00156. The minimum atomic E-state index is -5.04. The van der Waals surface area contributed by atoms with Crippen molar-refractivity contribution in [2.75, 3.05) is 31.8 Å². The first-order valence-corrected chi connectivity index (χ1v) is 17.0. The van der Waals surface area contributed by atoms with E-state index in [1.807, 2.05) is 0 Å². The van der Waals surface area contributed by atoms with Crippen LogP contribution < -0.4 is 17.0 Å². The summed E-state index contributed by atoms with van der Waals surface area (Å²) in [6.45, 7) is -1.26. The van der Waals surface area contributed by atoms with E-state index in [0.717, 1.165) is 13.9 Å². The van der Waals surface area contributed by atoms with E-state index in [0.29, 0.717) is 0 Å². The molecule has 0 saturated carbocycles. The number of nitrogens with one attached hydrogen (secondary N) is 1. The number of nitrogens with two attached hydrogens (primary N) is 2. The van der Waals surface area contributed by atoms with E-state index in [1.54, 1.807) is 0 Å². The Balaban J connectivity index is 1.22. The van der Waals surface area contributed by atoms with Crippen LogP contribution in [0.15, 0.2) is 23.8 Å². The van der Waals surface area contributed by atoms with Gasteiger partial charge in [-0.2, -0.15) is 4.98 Å². The topological polar surface area (TPSA) is 278 Å². The van der Waals surface area contributed by atoms with Crippen molar-refractivity contribution in [1.82, 2.24) is 39.0 Å². The van der Waals surface area contributed by atoms with Crippen LogP contribution >= 0.6 is 15.3 Å². The van der Waals surface area contributed by atoms with E-state index < -0.39 is 83.2 Å². The number of methoxy groups -OCH3 is 1. The Bertz CT molecular complexity index is 1960. The van der Waals surface area contributed by atoms with Gasteiger partial charge < -0.3 is 39.6 Å². The lowest BCUT2D eigenvalue weighted by atomic mass is 10.1. The fourth-order valence-corrected chi connectivity index (χ4v) is 7.74. The number of alkyl halides is 1. The van der Waals surface area contributed by atoms with Gasteiger partial charge in [0.2, 0.25) is 5.95 Å². The Morgan fingerprint density at radius 2 is 1.70 bits per heavy atom. The first-order chi connectivity index (χ1) is 21.9. The summed E-state index contributed by atoms with van der Waals surface area (Å²) in [4.78, 5) is 45.6. The average molecular weight is 686 g/mol. The molecule has 25 heteroatoms. The molecule has 7 rings (SSSR count). The van der Waals surface area contributed by atoms with Crippen LogP contribution in [0.3, 0.4) is 0 Å². The molecule has 4 aromatic heterocycles. The van der Waals surface area contributed by atoms with Gasteiger partial charge in [-0.1, -0.05) is 0 Å². The predicted molar refractivity (Wildman–Crippen MR) is 153 cm³/mol. The molecule has 0 aromatic carbocycles. The van der Waals surface area contributed by atoms with Crippen LogP contribution in [0.5, 0.6) is 0 Å². The Labute approximate surface area is 257 Å². The predicted octanol–water partition coefficient (Wildman–Crippen LogP) is -1.07. The molecule has 4 aromatic rings. The number of nitrogen functional groups attached to an aromatic ring is 2. The maximum absolute atomic E-state index is 16.0. The van der Waals surface area contributed by atoms with E-state index >= 15 is 4.39 Å². The number of anilines is 2. The number of nitrogens with zero attached hydrogens (tertiary/aromatic N) is 7. The second kappa shape index (κ2) is 11.4. The molecular formula is C21H26BFN10O11P2. The van der Waals surface area contributed by atoms with E-state index in [1.165, 1.54) is 28.9 Å².